The third-order valence-electron chi connectivity index (χ3n) is 3.41. The van der Waals surface area contributed by atoms with Gasteiger partial charge in [0.15, 0.2) is 0 Å². The Morgan fingerprint density at radius 3 is 2.71 bits per heavy atom. The van der Waals surface area contributed by atoms with Crippen LogP contribution in [0.3, 0.4) is 0 Å². The molecule has 21 heavy (non-hydrogen) atoms. The van der Waals surface area contributed by atoms with E-state index in [1.807, 2.05) is 13.0 Å². The van der Waals surface area contributed by atoms with Gasteiger partial charge in [0.05, 0.1) is 0 Å². The summed E-state index contributed by atoms with van der Waals surface area (Å²) >= 11 is 9.57. The fourth-order valence-corrected chi connectivity index (χ4v) is 3.11. The molecule has 0 spiro atoms. The monoisotopic (exact) mass is 369 g/mol. The molecule has 1 nitrogen and oxygen atoms in total. The maximum absolute atomic E-state index is 14.0. The van der Waals surface area contributed by atoms with Crippen LogP contribution in [0.15, 0.2) is 40.9 Å². The van der Waals surface area contributed by atoms with E-state index in [2.05, 4.69) is 40.3 Å². The zero-order valence-electron chi connectivity index (χ0n) is 12.1. The second kappa shape index (κ2) is 7.39. The van der Waals surface area contributed by atoms with Crippen molar-refractivity contribution in [1.82, 2.24) is 5.32 Å². The molecule has 0 fully saturated rings. The molecule has 4 heteroatoms. The highest BCUT2D eigenvalue weighted by Gasteiger charge is 2.16. The molecule has 1 atom stereocenters. The molecule has 1 unspecified atom stereocenters. The van der Waals surface area contributed by atoms with Crippen LogP contribution in [-0.2, 0) is 6.42 Å². The van der Waals surface area contributed by atoms with Gasteiger partial charge in [-0.15, -0.1) is 0 Å². The number of rotatable bonds is 5. The van der Waals surface area contributed by atoms with Crippen molar-refractivity contribution in [3.63, 3.8) is 0 Å². The summed E-state index contributed by atoms with van der Waals surface area (Å²) < 4.78 is 15.0. The molecule has 2 aromatic rings. The Bertz CT molecular complexity index is 630. The van der Waals surface area contributed by atoms with E-state index < -0.39 is 0 Å². The van der Waals surface area contributed by atoms with Crippen LogP contribution in [0.5, 0.6) is 0 Å². The molecule has 0 aliphatic heterocycles. The van der Waals surface area contributed by atoms with Crippen molar-refractivity contribution in [3.8, 4) is 0 Å². The number of hydrogen-bond acceptors (Lipinski definition) is 1. The van der Waals surface area contributed by atoms with Crippen molar-refractivity contribution in [2.45, 2.75) is 26.3 Å². The molecule has 0 aliphatic rings. The Hall–Kier alpha value is -0.900. The molecule has 0 bridgehead atoms. The van der Waals surface area contributed by atoms with Crippen molar-refractivity contribution in [2.75, 3.05) is 6.54 Å². The third kappa shape index (κ3) is 4.29. The number of halogens is 3. The van der Waals surface area contributed by atoms with E-state index in [-0.39, 0.29) is 11.9 Å². The van der Waals surface area contributed by atoms with Gasteiger partial charge in [-0.1, -0.05) is 52.2 Å². The van der Waals surface area contributed by atoms with Gasteiger partial charge in [-0.05, 0) is 55.3 Å². The summed E-state index contributed by atoms with van der Waals surface area (Å²) in [6.45, 7) is 4.91. The molecular formula is C17H18BrClFN. The van der Waals surface area contributed by atoms with Crippen LogP contribution in [0, 0.1) is 12.7 Å². The Morgan fingerprint density at radius 1 is 1.24 bits per heavy atom. The van der Waals surface area contributed by atoms with E-state index >= 15 is 0 Å². The Balaban J connectivity index is 2.35. The van der Waals surface area contributed by atoms with Crippen LogP contribution in [0.1, 0.15) is 29.7 Å². The minimum absolute atomic E-state index is 0.0391. The minimum atomic E-state index is -0.217. The molecule has 0 radical (unpaired) electrons. The molecule has 0 heterocycles. The van der Waals surface area contributed by atoms with Crippen LogP contribution in [0.4, 0.5) is 4.39 Å². The summed E-state index contributed by atoms with van der Waals surface area (Å²) in [5, 5.41) is 3.98. The first-order valence-corrected chi connectivity index (χ1v) is 8.11. The molecule has 0 aliphatic carbocycles. The lowest BCUT2D eigenvalue weighted by Gasteiger charge is -2.21. The molecule has 112 valence electrons. The largest absolute Gasteiger partial charge is 0.310 e. The highest BCUT2D eigenvalue weighted by Crippen LogP contribution is 2.28. The van der Waals surface area contributed by atoms with E-state index in [0.29, 0.717) is 17.0 Å². The SMILES string of the molecule is CCNC(Cc1cc(Cl)ccc1F)c1cc(C)ccc1Br. The standard InChI is InChI=1S/C17H18BrClFN/c1-3-21-17(14-8-11(2)4-6-15(14)18)10-12-9-13(19)5-7-16(12)20/h4-9,17,21H,3,10H2,1-2H3. The number of benzene rings is 2. The number of nitrogens with one attached hydrogen (secondary N) is 1. The van der Waals surface area contributed by atoms with Gasteiger partial charge >= 0.3 is 0 Å². The van der Waals surface area contributed by atoms with Crippen LogP contribution in [-0.4, -0.2) is 6.54 Å². The van der Waals surface area contributed by atoms with Gasteiger partial charge in [-0.3, -0.25) is 0 Å². The highest BCUT2D eigenvalue weighted by molar-refractivity contribution is 9.10. The van der Waals surface area contributed by atoms with Gasteiger partial charge < -0.3 is 5.32 Å². The summed E-state index contributed by atoms with van der Waals surface area (Å²) in [6, 6.07) is 10.9. The van der Waals surface area contributed by atoms with Gasteiger partial charge in [0.25, 0.3) is 0 Å². The predicted octanol–water partition coefficient (Wildman–Crippen LogP) is 5.44. The minimum Gasteiger partial charge on any atom is -0.310 e. The van der Waals surface area contributed by atoms with Crippen LogP contribution in [0.25, 0.3) is 0 Å². The zero-order valence-corrected chi connectivity index (χ0v) is 14.4. The van der Waals surface area contributed by atoms with Crippen LogP contribution in [0.2, 0.25) is 5.02 Å². The van der Waals surface area contributed by atoms with Crippen LogP contribution >= 0.6 is 27.5 Å². The topological polar surface area (TPSA) is 12.0 Å². The summed E-state index contributed by atoms with van der Waals surface area (Å²) in [4.78, 5) is 0. The molecular weight excluding hydrogens is 353 g/mol. The molecule has 0 amide bonds. The van der Waals surface area contributed by atoms with Gasteiger partial charge in [-0.2, -0.15) is 0 Å². The fraction of sp³-hybridized carbons (Fsp3) is 0.294. The van der Waals surface area contributed by atoms with Gasteiger partial charge in [0.1, 0.15) is 5.82 Å². The lowest BCUT2D eigenvalue weighted by Crippen LogP contribution is -2.23. The number of aryl methyl sites for hydroxylation is 1. The van der Waals surface area contributed by atoms with Gasteiger partial charge in [0.2, 0.25) is 0 Å². The van der Waals surface area contributed by atoms with Gasteiger partial charge in [-0.25, -0.2) is 4.39 Å². The molecule has 2 aromatic carbocycles. The molecule has 0 saturated heterocycles. The quantitative estimate of drug-likeness (QED) is 0.738. The number of likely N-dealkylation sites (N-methyl/N-ethyl adjacent to an activating group) is 1. The first-order valence-electron chi connectivity index (χ1n) is 6.94. The summed E-state index contributed by atoms with van der Waals surface area (Å²) in [7, 11) is 0. The fourth-order valence-electron chi connectivity index (χ4n) is 2.39. The predicted molar refractivity (Wildman–Crippen MR) is 90.4 cm³/mol. The first kappa shape index (κ1) is 16.5. The summed E-state index contributed by atoms with van der Waals surface area (Å²) in [6.07, 6.45) is 0.558. The Kier molecular flexibility index (Phi) is 5.80. The highest BCUT2D eigenvalue weighted by atomic mass is 79.9. The van der Waals surface area contributed by atoms with Crippen molar-refractivity contribution in [3.05, 3.63) is 68.4 Å². The second-order valence-corrected chi connectivity index (χ2v) is 6.37. The second-order valence-electron chi connectivity index (χ2n) is 5.08. The summed E-state index contributed by atoms with van der Waals surface area (Å²) in [5.74, 6) is -0.217. The molecule has 0 aromatic heterocycles. The van der Waals surface area contributed by atoms with Crippen molar-refractivity contribution >= 4 is 27.5 Å². The van der Waals surface area contributed by atoms with Crippen molar-refractivity contribution in [1.29, 1.82) is 0 Å². The lowest BCUT2D eigenvalue weighted by molar-refractivity contribution is 0.526. The maximum atomic E-state index is 14.0. The lowest BCUT2D eigenvalue weighted by atomic mass is 9.97. The summed E-state index contributed by atoms with van der Waals surface area (Å²) in [5.41, 5.74) is 2.95. The average molecular weight is 371 g/mol. The third-order valence-corrected chi connectivity index (χ3v) is 4.37. The van der Waals surface area contributed by atoms with Crippen LogP contribution < -0.4 is 5.32 Å². The van der Waals surface area contributed by atoms with E-state index in [1.165, 1.54) is 11.6 Å². The normalized spacial score (nSPS) is 12.4. The average Bonchev–Trinajstić information content (AvgIpc) is 2.45. The smallest absolute Gasteiger partial charge is 0.126 e. The van der Waals surface area contributed by atoms with Gasteiger partial charge in [0, 0.05) is 15.5 Å². The van der Waals surface area contributed by atoms with Crippen molar-refractivity contribution < 1.29 is 4.39 Å². The molecule has 1 N–H and O–H groups in total. The molecule has 0 saturated carbocycles. The van der Waals surface area contributed by atoms with Crippen molar-refractivity contribution in [2.24, 2.45) is 0 Å². The van der Waals surface area contributed by atoms with E-state index in [9.17, 15) is 4.39 Å². The molecule has 2 rings (SSSR count). The maximum Gasteiger partial charge on any atom is 0.126 e. The van der Waals surface area contributed by atoms with E-state index in [1.54, 1.807) is 12.1 Å². The van der Waals surface area contributed by atoms with E-state index in [0.717, 1.165) is 16.6 Å². The Labute approximate surface area is 138 Å². The van der Waals surface area contributed by atoms with E-state index in [4.69, 9.17) is 11.6 Å². The number of hydrogen-bond donors (Lipinski definition) is 1. The first-order chi connectivity index (χ1) is 10.0. The zero-order chi connectivity index (χ0) is 15.4. The Morgan fingerprint density at radius 2 is 2.00 bits per heavy atom.